The van der Waals surface area contributed by atoms with E-state index in [1.54, 1.807) is 24.3 Å². The first-order chi connectivity index (χ1) is 9.54. The third-order valence-electron chi connectivity index (χ3n) is 2.70. The molecule has 0 unspecified atom stereocenters. The molecule has 0 fully saturated rings. The molecule has 0 saturated heterocycles. The van der Waals surface area contributed by atoms with Crippen LogP contribution in [0.15, 0.2) is 53.0 Å². The Morgan fingerprint density at radius 1 is 1.15 bits per heavy atom. The molecule has 0 aliphatic heterocycles. The molecule has 0 saturated carbocycles. The molecular formula is C15H12BrClO3. The van der Waals surface area contributed by atoms with E-state index in [0.717, 1.165) is 10.0 Å². The number of ether oxygens (including phenoxy) is 1. The molecule has 1 N–H and O–H groups in total. The molecule has 2 aromatic carbocycles. The van der Waals surface area contributed by atoms with Crippen molar-refractivity contribution in [3.05, 3.63) is 63.6 Å². The van der Waals surface area contributed by atoms with E-state index in [9.17, 15) is 9.90 Å². The van der Waals surface area contributed by atoms with Crippen LogP contribution in [0.3, 0.4) is 0 Å². The zero-order valence-corrected chi connectivity index (χ0v) is 12.8. The summed E-state index contributed by atoms with van der Waals surface area (Å²) >= 11 is 9.12. The smallest absolute Gasteiger partial charge is 0.345 e. The zero-order chi connectivity index (χ0) is 14.5. The van der Waals surface area contributed by atoms with E-state index in [0.29, 0.717) is 17.2 Å². The minimum Gasteiger partial charge on any atom is -0.478 e. The van der Waals surface area contributed by atoms with Gasteiger partial charge in [0.1, 0.15) is 5.75 Å². The summed E-state index contributed by atoms with van der Waals surface area (Å²) < 4.78 is 6.45. The topological polar surface area (TPSA) is 46.5 Å². The fourth-order valence-corrected chi connectivity index (χ4v) is 2.08. The highest BCUT2D eigenvalue weighted by Gasteiger charge is 2.20. The Labute approximate surface area is 130 Å². The van der Waals surface area contributed by atoms with Crippen LogP contribution in [0.25, 0.3) is 0 Å². The monoisotopic (exact) mass is 354 g/mol. The van der Waals surface area contributed by atoms with E-state index in [4.69, 9.17) is 16.3 Å². The summed E-state index contributed by atoms with van der Waals surface area (Å²) in [6.45, 7) is 0. The molecule has 104 valence electrons. The second-order valence-corrected chi connectivity index (χ2v) is 5.58. The van der Waals surface area contributed by atoms with Gasteiger partial charge in [0.25, 0.3) is 0 Å². The molecule has 2 rings (SSSR count). The van der Waals surface area contributed by atoms with Gasteiger partial charge in [-0.05, 0) is 42.0 Å². The van der Waals surface area contributed by atoms with Gasteiger partial charge in [-0.3, -0.25) is 0 Å². The van der Waals surface area contributed by atoms with Gasteiger partial charge in [0.15, 0.2) is 6.10 Å². The third kappa shape index (κ3) is 4.25. The number of hydrogen-bond acceptors (Lipinski definition) is 2. The summed E-state index contributed by atoms with van der Waals surface area (Å²) in [5.74, 6) is -0.512. The Kier molecular flexibility index (Phi) is 5.04. The Hall–Kier alpha value is -1.52. The van der Waals surface area contributed by atoms with Crippen LogP contribution in [0.5, 0.6) is 5.75 Å². The predicted octanol–water partition coefficient (Wildman–Crippen LogP) is 4.18. The first-order valence-corrected chi connectivity index (χ1v) is 7.11. The molecule has 0 spiro atoms. The van der Waals surface area contributed by atoms with Crippen LogP contribution < -0.4 is 4.74 Å². The van der Waals surface area contributed by atoms with Gasteiger partial charge in [0, 0.05) is 15.9 Å². The Morgan fingerprint density at radius 2 is 1.75 bits per heavy atom. The van der Waals surface area contributed by atoms with Crippen molar-refractivity contribution in [2.24, 2.45) is 0 Å². The molecule has 0 bridgehead atoms. The van der Waals surface area contributed by atoms with Crippen molar-refractivity contribution in [3.8, 4) is 5.75 Å². The second-order valence-electron chi connectivity index (χ2n) is 4.23. The number of carboxylic acids is 1. The number of carbonyl (C=O) groups is 1. The molecule has 0 aliphatic rings. The maximum absolute atomic E-state index is 11.3. The van der Waals surface area contributed by atoms with E-state index >= 15 is 0 Å². The summed E-state index contributed by atoms with van der Waals surface area (Å²) in [5, 5.41) is 9.83. The predicted molar refractivity (Wildman–Crippen MR) is 81.3 cm³/mol. The van der Waals surface area contributed by atoms with Gasteiger partial charge in [0.05, 0.1) is 0 Å². The van der Waals surface area contributed by atoms with Crippen molar-refractivity contribution in [2.75, 3.05) is 0 Å². The molecule has 3 nitrogen and oxygen atoms in total. The quantitative estimate of drug-likeness (QED) is 0.875. The van der Waals surface area contributed by atoms with Crippen LogP contribution in [0.2, 0.25) is 5.02 Å². The molecule has 1 atom stereocenters. The molecule has 0 amide bonds. The zero-order valence-electron chi connectivity index (χ0n) is 10.4. The molecular weight excluding hydrogens is 344 g/mol. The van der Waals surface area contributed by atoms with E-state index in [2.05, 4.69) is 15.9 Å². The highest BCUT2D eigenvalue weighted by atomic mass is 79.9. The summed E-state index contributed by atoms with van der Waals surface area (Å²) in [5.41, 5.74) is 0.898. The number of aliphatic carboxylic acids is 1. The van der Waals surface area contributed by atoms with Gasteiger partial charge in [-0.15, -0.1) is 0 Å². The van der Waals surface area contributed by atoms with Gasteiger partial charge in [0.2, 0.25) is 0 Å². The van der Waals surface area contributed by atoms with Gasteiger partial charge in [-0.1, -0.05) is 39.7 Å². The number of rotatable bonds is 5. The van der Waals surface area contributed by atoms with Gasteiger partial charge in [-0.2, -0.15) is 0 Å². The summed E-state index contributed by atoms with van der Waals surface area (Å²) in [7, 11) is 0. The van der Waals surface area contributed by atoms with Crippen molar-refractivity contribution >= 4 is 33.5 Å². The molecule has 0 aromatic heterocycles. The Balaban J connectivity index is 2.09. The first kappa shape index (κ1) is 14.9. The average Bonchev–Trinajstić information content (AvgIpc) is 2.42. The highest BCUT2D eigenvalue weighted by molar-refractivity contribution is 9.10. The molecule has 0 heterocycles. The lowest BCUT2D eigenvalue weighted by Crippen LogP contribution is -2.29. The minimum absolute atomic E-state index is 0.297. The molecule has 0 radical (unpaired) electrons. The van der Waals surface area contributed by atoms with E-state index in [1.807, 2.05) is 24.3 Å². The SMILES string of the molecule is O=C(O)[C@@H](Cc1ccc(Br)cc1)Oc1ccc(Cl)cc1. The normalized spacial score (nSPS) is 11.9. The van der Waals surface area contributed by atoms with Gasteiger partial charge >= 0.3 is 5.97 Å². The maximum atomic E-state index is 11.3. The third-order valence-corrected chi connectivity index (χ3v) is 3.48. The van der Waals surface area contributed by atoms with Crippen LogP contribution in [0.1, 0.15) is 5.56 Å². The Bertz CT molecular complexity index is 534. The van der Waals surface area contributed by atoms with Crippen molar-refractivity contribution in [1.29, 1.82) is 0 Å². The largest absolute Gasteiger partial charge is 0.478 e. The molecule has 0 aliphatic carbocycles. The lowest BCUT2D eigenvalue weighted by Gasteiger charge is -2.15. The van der Waals surface area contributed by atoms with E-state index in [1.165, 1.54) is 0 Å². The summed E-state index contributed by atoms with van der Waals surface area (Å²) in [6.07, 6.45) is -0.636. The van der Waals surface area contributed by atoms with E-state index < -0.39 is 12.1 Å². The van der Waals surface area contributed by atoms with Crippen LogP contribution in [0.4, 0.5) is 0 Å². The molecule has 2 aromatic rings. The highest BCUT2D eigenvalue weighted by Crippen LogP contribution is 2.19. The fraction of sp³-hybridized carbons (Fsp3) is 0.133. The number of hydrogen-bond donors (Lipinski definition) is 1. The van der Waals surface area contributed by atoms with Crippen molar-refractivity contribution in [1.82, 2.24) is 0 Å². The van der Waals surface area contributed by atoms with E-state index in [-0.39, 0.29) is 0 Å². The molecule has 20 heavy (non-hydrogen) atoms. The number of halogens is 2. The van der Waals surface area contributed by atoms with Crippen molar-refractivity contribution in [3.63, 3.8) is 0 Å². The van der Waals surface area contributed by atoms with Crippen LogP contribution in [0, 0.1) is 0 Å². The lowest BCUT2D eigenvalue weighted by molar-refractivity contribution is -0.145. The van der Waals surface area contributed by atoms with Gasteiger partial charge in [-0.25, -0.2) is 4.79 Å². The average molecular weight is 356 g/mol. The lowest BCUT2D eigenvalue weighted by atomic mass is 10.1. The second kappa shape index (κ2) is 6.77. The van der Waals surface area contributed by atoms with Crippen LogP contribution >= 0.6 is 27.5 Å². The maximum Gasteiger partial charge on any atom is 0.345 e. The number of benzene rings is 2. The van der Waals surface area contributed by atoms with Crippen molar-refractivity contribution < 1.29 is 14.6 Å². The standard InChI is InChI=1S/C15H12BrClO3/c16-11-3-1-10(2-4-11)9-14(15(18)19)20-13-7-5-12(17)6-8-13/h1-8,14H,9H2,(H,18,19)/t14-/m1/s1. The summed E-state index contributed by atoms with van der Waals surface area (Å²) in [4.78, 5) is 11.3. The van der Waals surface area contributed by atoms with Gasteiger partial charge < -0.3 is 9.84 Å². The summed E-state index contributed by atoms with van der Waals surface area (Å²) in [6, 6.07) is 14.1. The number of carboxylic acid groups (broad SMARTS) is 1. The fourth-order valence-electron chi connectivity index (χ4n) is 1.69. The Morgan fingerprint density at radius 3 is 2.30 bits per heavy atom. The first-order valence-electron chi connectivity index (χ1n) is 5.94. The van der Waals surface area contributed by atoms with Crippen LogP contribution in [-0.4, -0.2) is 17.2 Å². The van der Waals surface area contributed by atoms with Crippen LogP contribution in [-0.2, 0) is 11.2 Å². The minimum atomic E-state index is -0.997. The van der Waals surface area contributed by atoms with Crippen molar-refractivity contribution in [2.45, 2.75) is 12.5 Å². The molecule has 5 heteroatoms.